The van der Waals surface area contributed by atoms with Crippen LogP contribution in [0.5, 0.6) is 0 Å². The van der Waals surface area contributed by atoms with Crippen molar-refractivity contribution < 1.29 is 28.2 Å². The van der Waals surface area contributed by atoms with Crippen molar-refractivity contribution in [3.05, 3.63) is 48.1 Å². The molecule has 0 unspecified atom stereocenters. The number of rotatable bonds is 6. The van der Waals surface area contributed by atoms with Gasteiger partial charge in [-0.15, -0.1) is 0 Å². The molecule has 0 spiro atoms. The Labute approximate surface area is 113 Å². The van der Waals surface area contributed by atoms with E-state index in [0.717, 1.165) is 18.2 Å². The van der Waals surface area contributed by atoms with E-state index < -0.39 is 41.7 Å². The zero-order valence-corrected chi connectivity index (χ0v) is 10.4. The van der Waals surface area contributed by atoms with Crippen molar-refractivity contribution in [2.75, 3.05) is 6.61 Å². The van der Waals surface area contributed by atoms with E-state index in [1.165, 1.54) is 6.08 Å². The third-order valence-electron chi connectivity index (χ3n) is 2.35. The molecule has 5 nitrogen and oxygen atoms in total. The topological polar surface area (TPSA) is 75.6 Å². The van der Waals surface area contributed by atoms with Crippen molar-refractivity contribution in [2.45, 2.75) is 12.5 Å². The smallest absolute Gasteiger partial charge is 0.407 e. The molecule has 2 N–H and O–H groups in total. The highest BCUT2D eigenvalue weighted by Gasteiger charge is 2.24. The average Bonchev–Trinajstić information content (AvgIpc) is 2.35. The molecule has 7 heteroatoms. The monoisotopic (exact) mass is 285 g/mol. The van der Waals surface area contributed by atoms with Crippen LogP contribution in [-0.4, -0.2) is 23.8 Å². The summed E-state index contributed by atoms with van der Waals surface area (Å²) in [5.74, 6) is -3.21. The fraction of sp³-hybridized carbons (Fsp3) is 0.231. The fourth-order valence-electron chi connectivity index (χ4n) is 1.56. The first-order valence-electron chi connectivity index (χ1n) is 5.65. The molecule has 1 aromatic carbocycles. The Morgan fingerprint density at radius 3 is 2.50 bits per heavy atom. The Kier molecular flexibility index (Phi) is 5.64. The number of halogens is 2. The average molecular weight is 285 g/mol. The van der Waals surface area contributed by atoms with Gasteiger partial charge in [-0.25, -0.2) is 13.6 Å². The lowest BCUT2D eigenvalue weighted by Crippen LogP contribution is -2.32. The molecule has 0 aromatic heterocycles. The van der Waals surface area contributed by atoms with E-state index in [2.05, 4.69) is 16.6 Å². The number of carboxylic acids is 1. The number of nitrogens with one attached hydrogen (secondary N) is 1. The van der Waals surface area contributed by atoms with Gasteiger partial charge in [-0.1, -0.05) is 18.7 Å². The second-order valence-electron chi connectivity index (χ2n) is 3.82. The third-order valence-corrected chi connectivity index (χ3v) is 2.35. The summed E-state index contributed by atoms with van der Waals surface area (Å²) in [6.07, 6.45) is -0.366. The maximum Gasteiger partial charge on any atom is 0.407 e. The minimum absolute atomic E-state index is 0.106. The second kappa shape index (κ2) is 7.22. The van der Waals surface area contributed by atoms with Gasteiger partial charge in [0.25, 0.3) is 0 Å². The molecule has 0 heterocycles. The number of hydrogen-bond acceptors (Lipinski definition) is 3. The van der Waals surface area contributed by atoms with Crippen LogP contribution in [0.15, 0.2) is 30.9 Å². The number of carbonyl (C=O) groups is 2. The van der Waals surface area contributed by atoms with Gasteiger partial charge in [-0.3, -0.25) is 4.79 Å². The van der Waals surface area contributed by atoms with Crippen LogP contribution in [0.3, 0.4) is 0 Å². The highest BCUT2D eigenvalue weighted by atomic mass is 19.1. The van der Waals surface area contributed by atoms with Crippen molar-refractivity contribution in [3.8, 4) is 0 Å². The Morgan fingerprint density at radius 1 is 1.40 bits per heavy atom. The normalized spacial score (nSPS) is 11.5. The zero-order chi connectivity index (χ0) is 15.1. The molecule has 0 aliphatic rings. The first kappa shape index (κ1) is 15.6. The number of carbonyl (C=O) groups excluding carboxylic acids is 1. The van der Waals surface area contributed by atoms with Crippen molar-refractivity contribution in [1.29, 1.82) is 0 Å². The van der Waals surface area contributed by atoms with Crippen LogP contribution in [0.25, 0.3) is 0 Å². The summed E-state index contributed by atoms with van der Waals surface area (Å²) >= 11 is 0. The number of alkyl carbamates (subject to hydrolysis) is 1. The van der Waals surface area contributed by atoms with E-state index in [1.807, 2.05) is 0 Å². The van der Waals surface area contributed by atoms with Gasteiger partial charge in [0.1, 0.15) is 18.2 Å². The Morgan fingerprint density at radius 2 is 2.00 bits per heavy atom. The summed E-state index contributed by atoms with van der Waals surface area (Å²) in [5, 5.41) is 10.9. The third kappa shape index (κ3) is 4.34. The summed E-state index contributed by atoms with van der Waals surface area (Å²) in [6, 6.07) is 1.72. The Hall–Kier alpha value is -2.44. The first-order chi connectivity index (χ1) is 9.45. The second-order valence-corrected chi connectivity index (χ2v) is 3.82. The van der Waals surface area contributed by atoms with E-state index in [-0.39, 0.29) is 6.61 Å². The van der Waals surface area contributed by atoms with Gasteiger partial charge in [0, 0.05) is 5.56 Å². The van der Waals surface area contributed by atoms with Crippen LogP contribution in [-0.2, 0) is 9.53 Å². The maximum absolute atomic E-state index is 13.6. The number of aliphatic carboxylic acids is 1. The quantitative estimate of drug-likeness (QED) is 0.787. The first-order valence-corrected chi connectivity index (χ1v) is 5.65. The van der Waals surface area contributed by atoms with Gasteiger partial charge in [-0.05, 0) is 12.1 Å². The van der Waals surface area contributed by atoms with Crippen LogP contribution >= 0.6 is 0 Å². The van der Waals surface area contributed by atoms with Crippen LogP contribution in [0.2, 0.25) is 0 Å². The maximum atomic E-state index is 13.6. The number of amides is 1. The largest absolute Gasteiger partial charge is 0.481 e. The van der Waals surface area contributed by atoms with Gasteiger partial charge in [0.15, 0.2) is 0 Å². The lowest BCUT2D eigenvalue weighted by molar-refractivity contribution is -0.137. The molecular formula is C13H13F2NO4. The summed E-state index contributed by atoms with van der Waals surface area (Å²) in [5.41, 5.74) is -0.523. The molecule has 108 valence electrons. The van der Waals surface area contributed by atoms with E-state index in [4.69, 9.17) is 5.11 Å². The molecule has 1 atom stereocenters. The van der Waals surface area contributed by atoms with Crippen molar-refractivity contribution in [1.82, 2.24) is 5.32 Å². The summed E-state index contributed by atoms with van der Waals surface area (Å²) in [4.78, 5) is 22.1. The van der Waals surface area contributed by atoms with Crippen LogP contribution in [0.4, 0.5) is 13.6 Å². The van der Waals surface area contributed by atoms with E-state index in [1.54, 1.807) is 0 Å². The molecule has 1 rings (SSSR count). The van der Waals surface area contributed by atoms with Gasteiger partial charge in [-0.2, -0.15) is 0 Å². The SMILES string of the molecule is C=CCOC(=O)N[C@@H](CC(=O)O)c1c(F)cccc1F. The predicted octanol–water partition coefficient (Wildman–Crippen LogP) is 2.39. The van der Waals surface area contributed by atoms with Gasteiger partial charge in [0.05, 0.1) is 12.5 Å². The molecular weight excluding hydrogens is 272 g/mol. The molecule has 0 aliphatic heterocycles. The standard InChI is InChI=1S/C13H13F2NO4/c1-2-6-20-13(19)16-10(7-11(17)18)12-8(14)4-3-5-9(12)15/h2-5,10H,1,6-7H2,(H,16,19)(H,17,18)/t10-/m0/s1. The summed E-state index contributed by atoms with van der Waals surface area (Å²) in [6.45, 7) is 3.22. The van der Waals surface area contributed by atoms with Gasteiger partial charge in [0.2, 0.25) is 0 Å². The van der Waals surface area contributed by atoms with Crippen molar-refractivity contribution >= 4 is 12.1 Å². The molecule has 0 aliphatic carbocycles. The van der Waals surface area contributed by atoms with Crippen molar-refractivity contribution in [2.24, 2.45) is 0 Å². The zero-order valence-electron chi connectivity index (χ0n) is 10.4. The van der Waals surface area contributed by atoms with E-state index in [0.29, 0.717) is 0 Å². The Balaban J connectivity index is 2.97. The lowest BCUT2D eigenvalue weighted by atomic mass is 10.0. The Bertz CT molecular complexity index is 499. The van der Waals surface area contributed by atoms with E-state index in [9.17, 15) is 18.4 Å². The number of ether oxygens (including phenoxy) is 1. The van der Waals surface area contributed by atoms with E-state index >= 15 is 0 Å². The van der Waals surface area contributed by atoms with Gasteiger partial charge >= 0.3 is 12.1 Å². The molecule has 0 radical (unpaired) electrons. The molecule has 0 saturated heterocycles. The lowest BCUT2D eigenvalue weighted by Gasteiger charge is -2.18. The predicted molar refractivity (Wildman–Crippen MR) is 66.0 cm³/mol. The fourth-order valence-corrected chi connectivity index (χ4v) is 1.56. The number of benzene rings is 1. The molecule has 20 heavy (non-hydrogen) atoms. The minimum Gasteiger partial charge on any atom is -0.481 e. The van der Waals surface area contributed by atoms with Crippen LogP contribution in [0.1, 0.15) is 18.0 Å². The van der Waals surface area contributed by atoms with Crippen LogP contribution in [0, 0.1) is 11.6 Å². The summed E-state index contributed by atoms with van der Waals surface area (Å²) in [7, 11) is 0. The molecule has 0 bridgehead atoms. The minimum atomic E-state index is -1.37. The molecule has 0 saturated carbocycles. The highest BCUT2D eigenvalue weighted by Crippen LogP contribution is 2.23. The molecule has 1 amide bonds. The highest BCUT2D eigenvalue weighted by molar-refractivity contribution is 5.72. The number of carboxylic acid groups (broad SMARTS) is 1. The van der Waals surface area contributed by atoms with Gasteiger partial charge < -0.3 is 15.2 Å². The number of hydrogen-bond donors (Lipinski definition) is 2. The summed E-state index contributed by atoms with van der Waals surface area (Å²) < 4.78 is 31.8. The molecule has 1 aromatic rings. The van der Waals surface area contributed by atoms with Crippen LogP contribution < -0.4 is 5.32 Å². The molecule has 0 fully saturated rings. The van der Waals surface area contributed by atoms with Crippen molar-refractivity contribution in [3.63, 3.8) is 0 Å².